The molecule has 1 fully saturated rings. The van der Waals surface area contributed by atoms with Crippen LogP contribution in [0.25, 0.3) is 0 Å². The standard InChI is InChI=1S/C18H27N3O/c1-3-15(2)13-19-18(22)20-17-9-11-21(12-10-17)14-16-7-5-4-6-8-16/h4-8,13,17H,3,9-12,14H2,1-2H3,(H2,19,20,22)/b15-13+. The predicted molar refractivity (Wildman–Crippen MR) is 90.5 cm³/mol. The number of benzene rings is 1. The van der Waals surface area contributed by atoms with Crippen molar-refractivity contribution in [2.45, 2.75) is 45.7 Å². The van der Waals surface area contributed by atoms with Gasteiger partial charge >= 0.3 is 6.03 Å². The lowest BCUT2D eigenvalue weighted by atomic mass is 10.0. The molecular formula is C18H27N3O. The van der Waals surface area contributed by atoms with Gasteiger partial charge in [0.15, 0.2) is 0 Å². The average Bonchev–Trinajstić information content (AvgIpc) is 2.55. The van der Waals surface area contributed by atoms with Gasteiger partial charge in [-0.25, -0.2) is 4.79 Å². The molecule has 2 rings (SSSR count). The van der Waals surface area contributed by atoms with Crippen molar-refractivity contribution in [1.82, 2.24) is 15.5 Å². The Kier molecular flexibility index (Phi) is 6.46. The number of hydrogen-bond acceptors (Lipinski definition) is 2. The van der Waals surface area contributed by atoms with Gasteiger partial charge in [-0.3, -0.25) is 4.90 Å². The molecule has 1 aliphatic rings. The van der Waals surface area contributed by atoms with E-state index < -0.39 is 0 Å². The Balaban J connectivity index is 1.70. The summed E-state index contributed by atoms with van der Waals surface area (Å²) in [5.41, 5.74) is 2.53. The second-order valence-electron chi connectivity index (χ2n) is 6.00. The van der Waals surface area contributed by atoms with E-state index in [1.165, 1.54) is 11.1 Å². The number of likely N-dealkylation sites (tertiary alicyclic amines) is 1. The van der Waals surface area contributed by atoms with Crippen molar-refractivity contribution in [2.24, 2.45) is 0 Å². The topological polar surface area (TPSA) is 44.4 Å². The third kappa shape index (κ3) is 5.53. The molecule has 2 amide bonds. The quantitative estimate of drug-likeness (QED) is 0.876. The second kappa shape index (κ2) is 8.59. The van der Waals surface area contributed by atoms with Gasteiger partial charge in [-0.15, -0.1) is 0 Å². The lowest BCUT2D eigenvalue weighted by molar-refractivity contribution is 0.187. The molecule has 0 radical (unpaired) electrons. The van der Waals surface area contributed by atoms with Crippen LogP contribution in [0, 0.1) is 0 Å². The van der Waals surface area contributed by atoms with E-state index in [0.717, 1.165) is 38.9 Å². The summed E-state index contributed by atoms with van der Waals surface area (Å²) in [4.78, 5) is 14.3. The van der Waals surface area contributed by atoms with Crippen molar-refractivity contribution in [2.75, 3.05) is 13.1 Å². The number of carbonyl (C=O) groups is 1. The highest BCUT2D eigenvalue weighted by atomic mass is 16.2. The molecule has 1 aromatic rings. The first-order chi connectivity index (χ1) is 10.7. The van der Waals surface area contributed by atoms with Gasteiger partial charge < -0.3 is 10.6 Å². The van der Waals surface area contributed by atoms with Crippen LogP contribution in [0.5, 0.6) is 0 Å². The fourth-order valence-corrected chi connectivity index (χ4v) is 2.59. The van der Waals surface area contributed by atoms with Crippen LogP contribution in [0.3, 0.4) is 0 Å². The minimum atomic E-state index is -0.0886. The van der Waals surface area contributed by atoms with E-state index in [9.17, 15) is 4.79 Å². The smallest absolute Gasteiger partial charge is 0.318 e. The highest BCUT2D eigenvalue weighted by molar-refractivity contribution is 5.75. The molecule has 0 aliphatic carbocycles. The van der Waals surface area contributed by atoms with Gasteiger partial charge in [-0.1, -0.05) is 42.8 Å². The number of hydrogen-bond donors (Lipinski definition) is 2. The van der Waals surface area contributed by atoms with E-state index in [0.29, 0.717) is 0 Å². The van der Waals surface area contributed by atoms with E-state index in [2.05, 4.69) is 46.7 Å². The molecule has 0 aromatic heterocycles. The summed E-state index contributed by atoms with van der Waals surface area (Å²) < 4.78 is 0. The van der Waals surface area contributed by atoms with Crippen LogP contribution in [0.1, 0.15) is 38.7 Å². The minimum Gasteiger partial charge on any atom is -0.335 e. The SMILES string of the molecule is CC/C(C)=C/NC(=O)NC1CCN(Cc2ccccc2)CC1. The maximum absolute atomic E-state index is 11.8. The number of urea groups is 1. The zero-order valence-electron chi connectivity index (χ0n) is 13.6. The summed E-state index contributed by atoms with van der Waals surface area (Å²) in [5.74, 6) is 0. The highest BCUT2D eigenvalue weighted by Crippen LogP contribution is 2.13. The molecule has 22 heavy (non-hydrogen) atoms. The van der Waals surface area contributed by atoms with E-state index in [1.54, 1.807) is 6.20 Å². The molecule has 120 valence electrons. The first-order valence-corrected chi connectivity index (χ1v) is 8.16. The van der Waals surface area contributed by atoms with Crippen molar-refractivity contribution >= 4 is 6.03 Å². The molecule has 0 saturated carbocycles. The maximum atomic E-state index is 11.8. The molecule has 1 saturated heterocycles. The number of rotatable bonds is 5. The lowest BCUT2D eigenvalue weighted by Crippen LogP contribution is -2.46. The van der Waals surface area contributed by atoms with E-state index in [4.69, 9.17) is 0 Å². The van der Waals surface area contributed by atoms with Gasteiger partial charge in [0.05, 0.1) is 0 Å². The van der Waals surface area contributed by atoms with Crippen LogP contribution in [0.4, 0.5) is 4.79 Å². The molecule has 4 nitrogen and oxygen atoms in total. The molecule has 0 spiro atoms. The summed E-state index contributed by atoms with van der Waals surface area (Å²) in [6.07, 6.45) is 4.77. The molecule has 4 heteroatoms. The molecule has 1 aliphatic heterocycles. The zero-order chi connectivity index (χ0) is 15.8. The molecule has 0 bridgehead atoms. The number of amides is 2. The van der Waals surface area contributed by atoms with Crippen molar-refractivity contribution in [1.29, 1.82) is 0 Å². The van der Waals surface area contributed by atoms with E-state index in [-0.39, 0.29) is 12.1 Å². The Hall–Kier alpha value is -1.81. The predicted octanol–water partition coefficient (Wildman–Crippen LogP) is 3.26. The van der Waals surface area contributed by atoms with Crippen molar-refractivity contribution < 1.29 is 4.79 Å². The monoisotopic (exact) mass is 301 g/mol. The van der Waals surface area contributed by atoms with Crippen LogP contribution in [-0.2, 0) is 6.54 Å². The fraction of sp³-hybridized carbons (Fsp3) is 0.500. The Labute approximate surface area is 133 Å². The van der Waals surface area contributed by atoms with E-state index >= 15 is 0 Å². The highest BCUT2D eigenvalue weighted by Gasteiger charge is 2.20. The first-order valence-electron chi connectivity index (χ1n) is 8.16. The lowest BCUT2D eigenvalue weighted by Gasteiger charge is -2.32. The van der Waals surface area contributed by atoms with Gasteiger partial charge in [0, 0.05) is 31.9 Å². The summed E-state index contributed by atoms with van der Waals surface area (Å²) in [6.45, 7) is 7.15. The zero-order valence-corrected chi connectivity index (χ0v) is 13.6. The normalized spacial score (nSPS) is 17.3. The molecule has 2 N–H and O–H groups in total. The number of nitrogens with zero attached hydrogens (tertiary/aromatic N) is 1. The Morgan fingerprint density at radius 1 is 1.27 bits per heavy atom. The van der Waals surface area contributed by atoms with Crippen LogP contribution < -0.4 is 10.6 Å². The van der Waals surface area contributed by atoms with Crippen molar-refractivity contribution in [3.05, 3.63) is 47.7 Å². The van der Waals surface area contributed by atoms with Gasteiger partial charge in [0.25, 0.3) is 0 Å². The number of nitrogens with one attached hydrogen (secondary N) is 2. The van der Waals surface area contributed by atoms with Gasteiger partial charge in [0.2, 0.25) is 0 Å². The maximum Gasteiger partial charge on any atom is 0.318 e. The van der Waals surface area contributed by atoms with Gasteiger partial charge in [-0.2, -0.15) is 0 Å². The third-order valence-electron chi connectivity index (χ3n) is 4.18. The van der Waals surface area contributed by atoms with Crippen LogP contribution in [0.15, 0.2) is 42.1 Å². The van der Waals surface area contributed by atoms with E-state index in [1.807, 2.05) is 13.0 Å². The molecule has 0 unspecified atom stereocenters. The summed E-state index contributed by atoms with van der Waals surface area (Å²) in [7, 11) is 0. The second-order valence-corrected chi connectivity index (χ2v) is 6.00. The first kappa shape index (κ1) is 16.6. The third-order valence-corrected chi connectivity index (χ3v) is 4.18. The Morgan fingerprint density at radius 3 is 2.59 bits per heavy atom. The molecule has 0 atom stereocenters. The van der Waals surface area contributed by atoms with Crippen molar-refractivity contribution in [3.63, 3.8) is 0 Å². The molecular weight excluding hydrogens is 274 g/mol. The van der Waals surface area contributed by atoms with Gasteiger partial charge in [0.1, 0.15) is 0 Å². The average molecular weight is 301 g/mol. The molecule has 1 heterocycles. The Morgan fingerprint density at radius 2 is 1.95 bits per heavy atom. The number of carbonyl (C=O) groups excluding carboxylic acids is 1. The summed E-state index contributed by atoms with van der Waals surface area (Å²) in [5, 5.41) is 5.87. The Bertz CT molecular complexity index is 490. The van der Waals surface area contributed by atoms with Crippen LogP contribution in [-0.4, -0.2) is 30.1 Å². The minimum absolute atomic E-state index is 0.0886. The summed E-state index contributed by atoms with van der Waals surface area (Å²) in [6, 6.07) is 10.7. The van der Waals surface area contributed by atoms with Crippen LogP contribution in [0.2, 0.25) is 0 Å². The largest absolute Gasteiger partial charge is 0.335 e. The number of piperidine rings is 1. The van der Waals surface area contributed by atoms with Crippen LogP contribution >= 0.6 is 0 Å². The van der Waals surface area contributed by atoms with Crippen molar-refractivity contribution in [3.8, 4) is 0 Å². The molecule has 1 aromatic carbocycles. The summed E-state index contributed by atoms with van der Waals surface area (Å²) >= 11 is 0. The fourth-order valence-electron chi connectivity index (χ4n) is 2.59. The number of allylic oxidation sites excluding steroid dienone is 1. The van der Waals surface area contributed by atoms with Gasteiger partial charge in [-0.05, 0) is 31.7 Å².